The number of rotatable bonds is 3. The molecule has 1 aliphatic carbocycles. The Balaban J connectivity index is 1.70. The fourth-order valence-corrected chi connectivity index (χ4v) is 3.84. The molecule has 1 aromatic carbocycles. The van der Waals surface area contributed by atoms with Crippen molar-refractivity contribution >= 4 is 11.6 Å². The lowest BCUT2D eigenvalue weighted by Crippen LogP contribution is -2.49. The maximum absolute atomic E-state index is 12.8. The van der Waals surface area contributed by atoms with Crippen LogP contribution in [0.3, 0.4) is 0 Å². The molecule has 0 N–H and O–H groups in total. The van der Waals surface area contributed by atoms with Gasteiger partial charge in [0.1, 0.15) is 6.04 Å². The predicted octanol–water partition coefficient (Wildman–Crippen LogP) is 3.23. The van der Waals surface area contributed by atoms with E-state index < -0.39 is 0 Å². The Labute approximate surface area is 127 Å². The van der Waals surface area contributed by atoms with E-state index in [1.54, 1.807) is 0 Å². The number of carbonyl (C=O) groups excluding carboxylic acids is 1. The molecule has 3 heteroatoms. The largest absolute Gasteiger partial charge is 0.359 e. The van der Waals surface area contributed by atoms with Crippen molar-refractivity contribution in [3.05, 3.63) is 29.8 Å². The molecule has 1 fully saturated rings. The molecule has 21 heavy (non-hydrogen) atoms. The number of anilines is 1. The van der Waals surface area contributed by atoms with Crippen LogP contribution in [0.5, 0.6) is 0 Å². The molecule has 114 valence electrons. The van der Waals surface area contributed by atoms with Crippen LogP contribution in [0.15, 0.2) is 24.3 Å². The van der Waals surface area contributed by atoms with E-state index in [0.29, 0.717) is 6.04 Å². The van der Waals surface area contributed by atoms with Crippen molar-refractivity contribution in [2.24, 2.45) is 0 Å². The van der Waals surface area contributed by atoms with E-state index in [1.165, 1.54) is 43.4 Å². The Kier molecular flexibility index (Phi) is 4.18. The van der Waals surface area contributed by atoms with Gasteiger partial charge < -0.3 is 9.80 Å². The number of fused-ring (bicyclic) bond motifs is 1. The van der Waals surface area contributed by atoms with Gasteiger partial charge in [-0.15, -0.1) is 0 Å². The van der Waals surface area contributed by atoms with E-state index in [1.807, 2.05) is 11.9 Å². The molecule has 1 unspecified atom stereocenters. The Morgan fingerprint density at radius 1 is 1.24 bits per heavy atom. The Hall–Kier alpha value is -1.51. The van der Waals surface area contributed by atoms with Crippen molar-refractivity contribution in [2.45, 2.75) is 57.5 Å². The van der Waals surface area contributed by atoms with Gasteiger partial charge in [-0.3, -0.25) is 4.79 Å². The number of para-hydroxylation sites is 1. The van der Waals surface area contributed by atoms with Crippen molar-refractivity contribution < 1.29 is 4.79 Å². The molecule has 1 aromatic rings. The van der Waals surface area contributed by atoms with Crippen LogP contribution in [0.1, 0.15) is 44.6 Å². The maximum Gasteiger partial charge on any atom is 0.244 e. The van der Waals surface area contributed by atoms with E-state index in [9.17, 15) is 4.79 Å². The SMILES string of the molecule is CC(C(=O)N(C)C1CCCCC1)N1CCc2ccccc21. The van der Waals surface area contributed by atoms with Crippen LogP contribution in [-0.2, 0) is 11.2 Å². The highest BCUT2D eigenvalue weighted by molar-refractivity contribution is 5.85. The number of hydrogen-bond donors (Lipinski definition) is 0. The van der Waals surface area contributed by atoms with E-state index in [2.05, 4.69) is 36.1 Å². The lowest BCUT2D eigenvalue weighted by atomic mass is 9.94. The van der Waals surface area contributed by atoms with Gasteiger partial charge in [-0.25, -0.2) is 0 Å². The summed E-state index contributed by atoms with van der Waals surface area (Å²) in [6.45, 7) is 3.02. The van der Waals surface area contributed by atoms with Crippen molar-refractivity contribution in [1.82, 2.24) is 4.90 Å². The van der Waals surface area contributed by atoms with Crippen LogP contribution in [0.4, 0.5) is 5.69 Å². The van der Waals surface area contributed by atoms with Crippen molar-refractivity contribution in [3.8, 4) is 0 Å². The summed E-state index contributed by atoms with van der Waals surface area (Å²) in [7, 11) is 2.00. The van der Waals surface area contributed by atoms with Crippen molar-refractivity contribution in [2.75, 3.05) is 18.5 Å². The summed E-state index contributed by atoms with van der Waals surface area (Å²) in [6, 6.07) is 8.87. The quantitative estimate of drug-likeness (QED) is 0.851. The van der Waals surface area contributed by atoms with Gasteiger partial charge >= 0.3 is 0 Å². The first kappa shape index (κ1) is 14.4. The standard InChI is InChI=1S/C18H26N2O/c1-14(18(21)19(2)16-9-4-3-5-10-16)20-13-12-15-8-6-7-11-17(15)20/h6-8,11,14,16H,3-5,9-10,12-13H2,1-2H3. The summed E-state index contributed by atoms with van der Waals surface area (Å²) in [5.74, 6) is 0.276. The third-order valence-corrected chi connectivity index (χ3v) is 5.22. The van der Waals surface area contributed by atoms with E-state index in [-0.39, 0.29) is 11.9 Å². The highest BCUT2D eigenvalue weighted by Crippen LogP contribution is 2.30. The van der Waals surface area contributed by atoms with Crippen LogP contribution in [0.2, 0.25) is 0 Å². The minimum Gasteiger partial charge on any atom is -0.359 e. The van der Waals surface area contributed by atoms with Gasteiger partial charge in [-0.2, -0.15) is 0 Å². The average molecular weight is 286 g/mol. The zero-order valence-electron chi connectivity index (χ0n) is 13.2. The van der Waals surface area contributed by atoms with Gasteiger partial charge in [0.05, 0.1) is 0 Å². The zero-order valence-corrected chi connectivity index (χ0v) is 13.2. The molecule has 0 bridgehead atoms. The van der Waals surface area contributed by atoms with Crippen molar-refractivity contribution in [1.29, 1.82) is 0 Å². The van der Waals surface area contributed by atoms with Gasteiger partial charge in [0.2, 0.25) is 5.91 Å². The van der Waals surface area contributed by atoms with Crippen molar-refractivity contribution in [3.63, 3.8) is 0 Å². The summed E-state index contributed by atoms with van der Waals surface area (Å²) in [5.41, 5.74) is 2.62. The smallest absolute Gasteiger partial charge is 0.244 e. The van der Waals surface area contributed by atoms with Gasteiger partial charge in [0.25, 0.3) is 0 Å². The number of hydrogen-bond acceptors (Lipinski definition) is 2. The fraction of sp³-hybridized carbons (Fsp3) is 0.611. The van der Waals surface area contributed by atoms with E-state index >= 15 is 0 Å². The Morgan fingerprint density at radius 3 is 2.71 bits per heavy atom. The molecule has 1 heterocycles. The molecule has 0 spiro atoms. The fourth-order valence-electron chi connectivity index (χ4n) is 3.84. The zero-order chi connectivity index (χ0) is 14.8. The van der Waals surface area contributed by atoms with Crippen LogP contribution in [-0.4, -0.2) is 36.5 Å². The predicted molar refractivity (Wildman–Crippen MR) is 86.6 cm³/mol. The molecule has 1 amide bonds. The van der Waals surface area contributed by atoms with E-state index in [4.69, 9.17) is 0 Å². The Morgan fingerprint density at radius 2 is 1.95 bits per heavy atom. The van der Waals surface area contributed by atoms with Crippen LogP contribution in [0.25, 0.3) is 0 Å². The number of amides is 1. The highest BCUT2D eigenvalue weighted by atomic mass is 16.2. The third kappa shape index (κ3) is 2.78. The molecule has 0 saturated heterocycles. The maximum atomic E-state index is 12.8. The number of nitrogens with zero attached hydrogens (tertiary/aromatic N) is 2. The average Bonchev–Trinajstić information content (AvgIpc) is 2.97. The molecule has 1 aliphatic heterocycles. The lowest BCUT2D eigenvalue weighted by Gasteiger charge is -2.36. The number of carbonyl (C=O) groups is 1. The van der Waals surface area contributed by atoms with E-state index in [0.717, 1.165) is 13.0 Å². The lowest BCUT2D eigenvalue weighted by molar-refractivity contribution is -0.133. The summed E-state index contributed by atoms with van der Waals surface area (Å²) >= 11 is 0. The third-order valence-electron chi connectivity index (χ3n) is 5.22. The number of likely N-dealkylation sites (N-methyl/N-ethyl adjacent to an activating group) is 1. The first-order valence-electron chi connectivity index (χ1n) is 8.29. The summed E-state index contributed by atoms with van der Waals surface area (Å²) in [4.78, 5) is 17.1. The molecule has 3 nitrogen and oxygen atoms in total. The second kappa shape index (κ2) is 6.08. The molecule has 0 aromatic heterocycles. The first-order chi connectivity index (χ1) is 10.2. The minimum atomic E-state index is -0.0550. The normalized spacial score (nSPS) is 20.2. The van der Waals surface area contributed by atoms with Crippen LogP contribution in [0, 0.1) is 0 Å². The van der Waals surface area contributed by atoms with Gasteiger partial charge in [-0.1, -0.05) is 37.5 Å². The second-order valence-corrected chi connectivity index (χ2v) is 6.49. The molecule has 0 radical (unpaired) electrons. The van der Waals surface area contributed by atoms with Gasteiger partial charge in [0, 0.05) is 25.3 Å². The first-order valence-corrected chi connectivity index (χ1v) is 8.29. The topological polar surface area (TPSA) is 23.6 Å². The Bertz CT molecular complexity index is 508. The molecule has 2 aliphatic rings. The molecular weight excluding hydrogens is 260 g/mol. The van der Waals surface area contributed by atoms with Gasteiger partial charge in [0.15, 0.2) is 0 Å². The molecule has 1 atom stereocenters. The molecular formula is C18H26N2O. The second-order valence-electron chi connectivity index (χ2n) is 6.49. The molecule has 3 rings (SSSR count). The summed E-state index contributed by atoms with van der Waals surface area (Å²) in [6.07, 6.45) is 7.26. The van der Waals surface area contributed by atoms with Gasteiger partial charge in [-0.05, 0) is 37.8 Å². The minimum absolute atomic E-state index is 0.0550. The number of benzene rings is 1. The van der Waals surface area contributed by atoms with Crippen LogP contribution >= 0.6 is 0 Å². The summed E-state index contributed by atoms with van der Waals surface area (Å²) < 4.78 is 0. The summed E-state index contributed by atoms with van der Waals surface area (Å²) in [5, 5.41) is 0. The highest BCUT2D eigenvalue weighted by Gasteiger charge is 2.31. The van der Waals surface area contributed by atoms with Crippen LogP contribution < -0.4 is 4.90 Å². The molecule has 1 saturated carbocycles. The monoisotopic (exact) mass is 286 g/mol.